The van der Waals surface area contributed by atoms with Crippen molar-refractivity contribution in [2.45, 2.75) is 12.8 Å². The molecule has 23 heavy (non-hydrogen) atoms. The van der Waals surface area contributed by atoms with Gasteiger partial charge >= 0.3 is 6.09 Å². The van der Waals surface area contributed by atoms with Gasteiger partial charge in [-0.15, -0.1) is 0 Å². The molecular formula is C15H14N4O4. The second-order valence-corrected chi connectivity index (χ2v) is 5.00. The largest absolute Gasteiger partial charge is 0.439 e. The highest BCUT2D eigenvalue weighted by Crippen LogP contribution is 2.30. The third-order valence-corrected chi connectivity index (χ3v) is 3.11. The van der Waals surface area contributed by atoms with Gasteiger partial charge in [0.25, 0.3) is 0 Å². The number of hydrogen-bond acceptors (Lipinski definition) is 6. The average molecular weight is 314 g/mol. The predicted molar refractivity (Wildman–Crippen MR) is 80.1 cm³/mol. The zero-order valence-electron chi connectivity index (χ0n) is 12.1. The number of nitrogens with zero attached hydrogens (tertiary/aromatic N) is 2. The van der Waals surface area contributed by atoms with Crippen molar-refractivity contribution in [2.75, 3.05) is 5.32 Å². The van der Waals surface area contributed by atoms with E-state index in [4.69, 9.17) is 15.2 Å². The predicted octanol–water partition coefficient (Wildman–Crippen LogP) is 2.07. The first kappa shape index (κ1) is 14.8. The summed E-state index contributed by atoms with van der Waals surface area (Å²) in [5.41, 5.74) is 4.92. The van der Waals surface area contributed by atoms with E-state index in [9.17, 15) is 9.59 Å². The molecule has 2 aromatic rings. The lowest BCUT2D eigenvalue weighted by Crippen LogP contribution is -2.16. The molecule has 2 amide bonds. The van der Waals surface area contributed by atoms with Gasteiger partial charge < -0.3 is 20.5 Å². The number of carbonyl (C=O) groups excluding carboxylic acids is 2. The zero-order chi connectivity index (χ0) is 16.2. The molecule has 1 saturated carbocycles. The molecule has 0 spiro atoms. The maximum absolute atomic E-state index is 11.7. The molecule has 1 aromatic carbocycles. The molecule has 0 bridgehead atoms. The summed E-state index contributed by atoms with van der Waals surface area (Å²) < 4.78 is 10.3. The lowest BCUT2D eigenvalue weighted by Gasteiger charge is -2.07. The van der Waals surface area contributed by atoms with Crippen LogP contribution in [0.2, 0.25) is 0 Å². The number of anilines is 1. The third kappa shape index (κ3) is 4.16. The van der Waals surface area contributed by atoms with Gasteiger partial charge in [-0.3, -0.25) is 4.79 Å². The normalized spacial score (nSPS) is 13.2. The maximum atomic E-state index is 11.7. The Morgan fingerprint density at radius 1 is 1.13 bits per heavy atom. The van der Waals surface area contributed by atoms with Gasteiger partial charge in [0.15, 0.2) is 0 Å². The van der Waals surface area contributed by atoms with Crippen molar-refractivity contribution in [3.63, 3.8) is 0 Å². The first-order chi connectivity index (χ1) is 11.1. The summed E-state index contributed by atoms with van der Waals surface area (Å²) in [5.74, 6) is 1.52. The van der Waals surface area contributed by atoms with Gasteiger partial charge in [0.2, 0.25) is 11.8 Å². The fourth-order valence-electron chi connectivity index (χ4n) is 1.85. The van der Waals surface area contributed by atoms with Gasteiger partial charge in [-0.2, -0.15) is 0 Å². The lowest BCUT2D eigenvalue weighted by atomic mass is 10.3. The van der Waals surface area contributed by atoms with Crippen molar-refractivity contribution in [3.05, 3.63) is 36.7 Å². The molecule has 1 aliphatic rings. The lowest BCUT2D eigenvalue weighted by molar-refractivity contribution is -0.117. The number of amides is 2. The number of primary amides is 1. The van der Waals surface area contributed by atoms with Crippen molar-refractivity contribution in [1.29, 1.82) is 0 Å². The highest BCUT2D eigenvalue weighted by molar-refractivity contribution is 5.93. The Labute approximate surface area is 131 Å². The fraction of sp³-hybridized carbons (Fsp3) is 0.200. The number of aromatic nitrogens is 2. The Balaban J connectivity index is 1.65. The van der Waals surface area contributed by atoms with E-state index in [1.54, 1.807) is 12.1 Å². The Kier molecular flexibility index (Phi) is 4.05. The third-order valence-electron chi connectivity index (χ3n) is 3.11. The molecular weight excluding hydrogens is 300 g/mol. The molecule has 0 unspecified atom stereocenters. The van der Waals surface area contributed by atoms with E-state index in [-0.39, 0.29) is 17.7 Å². The van der Waals surface area contributed by atoms with Crippen LogP contribution in [0.5, 0.6) is 17.4 Å². The van der Waals surface area contributed by atoms with Crippen LogP contribution in [0.3, 0.4) is 0 Å². The van der Waals surface area contributed by atoms with Crippen LogP contribution in [-0.2, 0) is 4.79 Å². The van der Waals surface area contributed by atoms with E-state index in [0.717, 1.165) is 12.8 Å². The Hall–Kier alpha value is -3.16. The molecule has 8 heteroatoms. The SMILES string of the molecule is NC(=O)Oc1ccc(Oc2cc(NC(=O)C3CC3)ncn2)cc1. The van der Waals surface area contributed by atoms with Gasteiger partial charge in [-0.1, -0.05) is 0 Å². The van der Waals surface area contributed by atoms with Crippen LogP contribution in [0.4, 0.5) is 10.6 Å². The van der Waals surface area contributed by atoms with Crippen LogP contribution in [0.15, 0.2) is 36.7 Å². The van der Waals surface area contributed by atoms with Crippen molar-refractivity contribution >= 4 is 17.8 Å². The van der Waals surface area contributed by atoms with Crippen LogP contribution in [0.25, 0.3) is 0 Å². The summed E-state index contributed by atoms with van der Waals surface area (Å²) in [4.78, 5) is 30.3. The van der Waals surface area contributed by atoms with Crippen molar-refractivity contribution in [3.8, 4) is 17.4 Å². The minimum Gasteiger partial charge on any atom is -0.439 e. The van der Waals surface area contributed by atoms with Crippen LogP contribution in [0.1, 0.15) is 12.8 Å². The average Bonchev–Trinajstić information content (AvgIpc) is 3.34. The Morgan fingerprint density at radius 3 is 2.48 bits per heavy atom. The molecule has 0 radical (unpaired) electrons. The number of rotatable bonds is 5. The Morgan fingerprint density at radius 2 is 1.83 bits per heavy atom. The number of nitrogens with two attached hydrogens (primary N) is 1. The van der Waals surface area contributed by atoms with Gasteiger partial charge in [0.05, 0.1) is 0 Å². The van der Waals surface area contributed by atoms with Crippen molar-refractivity contribution < 1.29 is 19.1 Å². The van der Waals surface area contributed by atoms with E-state index in [1.165, 1.54) is 24.5 Å². The molecule has 0 aliphatic heterocycles. The Bertz CT molecular complexity index is 729. The fourth-order valence-corrected chi connectivity index (χ4v) is 1.85. The van der Waals surface area contributed by atoms with E-state index in [2.05, 4.69) is 15.3 Å². The van der Waals surface area contributed by atoms with Crippen molar-refractivity contribution in [2.24, 2.45) is 11.7 Å². The minimum atomic E-state index is -0.884. The molecule has 8 nitrogen and oxygen atoms in total. The van der Waals surface area contributed by atoms with E-state index < -0.39 is 6.09 Å². The van der Waals surface area contributed by atoms with E-state index in [0.29, 0.717) is 17.3 Å². The first-order valence-corrected chi connectivity index (χ1v) is 6.98. The summed E-state index contributed by atoms with van der Waals surface area (Å²) in [7, 11) is 0. The molecule has 0 saturated heterocycles. The molecule has 3 N–H and O–H groups in total. The van der Waals surface area contributed by atoms with E-state index >= 15 is 0 Å². The molecule has 1 aromatic heterocycles. The standard InChI is InChI=1S/C15H14N4O4/c16-15(21)23-11-5-3-10(4-6-11)22-13-7-12(17-8-18-13)19-14(20)9-1-2-9/h3-9H,1-2H2,(H2,16,21)(H,17,18,19,20). The summed E-state index contributed by atoms with van der Waals surface area (Å²) in [5, 5.41) is 2.72. The smallest absolute Gasteiger partial charge is 0.409 e. The van der Waals surface area contributed by atoms with Gasteiger partial charge in [0, 0.05) is 12.0 Å². The zero-order valence-corrected chi connectivity index (χ0v) is 12.1. The molecule has 3 rings (SSSR count). The molecule has 1 heterocycles. The summed E-state index contributed by atoms with van der Waals surface area (Å²) >= 11 is 0. The van der Waals surface area contributed by atoms with E-state index in [1.807, 2.05) is 0 Å². The van der Waals surface area contributed by atoms with Crippen LogP contribution in [-0.4, -0.2) is 22.0 Å². The van der Waals surface area contributed by atoms with Gasteiger partial charge in [0.1, 0.15) is 23.6 Å². The monoisotopic (exact) mass is 314 g/mol. The summed E-state index contributed by atoms with van der Waals surface area (Å²) in [6.45, 7) is 0. The number of hydrogen-bond donors (Lipinski definition) is 2. The second-order valence-electron chi connectivity index (χ2n) is 5.00. The molecule has 1 aliphatic carbocycles. The van der Waals surface area contributed by atoms with Crippen LogP contribution in [0, 0.1) is 5.92 Å². The number of benzene rings is 1. The number of ether oxygens (including phenoxy) is 2. The van der Waals surface area contributed by atoms with Crippen LogP contribution >= 0.6 is 0 Å². The molecule has 1 fully saturated rings. The topological polar surface area (TPSA) is 116 Å². The van der Waals surface area contributed by atoms with Gasteiger partial charge in [-0.25, -0.2) is 14.8 Å². The molecule has 0 atom stereocenters. The highest BCUT2D eigenvalue weighted by atomic mass is 16.5. The molecule has 118 valence electrons. The minimum absolute atomic E-state index is 0.0393. The summed E-state index contributed by atoms with van der Waals surface area (Å²) in [6, 6.07) is 7.81. The number of nitrogens with one attached hydrogen (secondary N) is 1. The first-order valence-electron chi connectivity index (χ1n) is 6.98. The van der Waals surface area contributed by atoms with Gasteiger partial charge in [-0.05, 0) is 37.1 Å². The van der Waals surface area contributed by atoms with Crippen molar-refractivity contribution in [1.82, 2.24) is 9.97 Å². The van der Waals surface area contributed by atoms with Crippen LogP contribution < -0.4 is 20.5 Å². The maximum Gasteiger partial charge on any atom is 0.409 e. The second kappa shape index (κ2) is 6.30. The summed E-state index contributed by atoms with van der Waals surface area (Å²) in [6.07, 6.45) is 2.26. The highest BCUT2D eigenvalue weighted by Gasteiger charge is 2.29. The quantitative estimate of drug-likeness (QED) is 0.872. The number of carbonyl (C=O) groups is 2.